The first-order valence-corrected chi connectivity index (χ1v) is 8.04. The molecule has 1 saturated heterocycles. The molecule has 0 N–H and O–H groups in total. The van der Waals surface area contributed by atoms with Crippen molar-refractivity contribution in [3.05, 3.63) is 33.8 Å². The number of carbonyl (C=O) groups excluding carboxylic acids is 1. The lowest BCUT2D eigenvalue weighted by Gasteiger charge is -2.35. The van der Waals surface area contributed by atoms with Crippen LogP contribution in [0.1, 0.15) is 20.3 Å². The van der Waals surface area contributed by atoms with Crippen LogP contribution in [0.4, 0.5) is 0 Å². The number of nitrogens with zero attached hydrogens (tertiary/aromatic N) is 2. The van der Waals surface area contributed by atoms with Gasteiger partial charge in [0.05, 0.1) is 17.7 Å². The van der Waals surface area contributed by atoms with Gasteiger partial charge in [0, 0.05) is 37.1 Å². The molecule has 124 valence electrons. The highest BCUT2D eigenvalue weighted by Crippen LogP contribution is 2.19. The minimum Gasteiger partial charge on any atom is -0.408 e. The number of aromatic nitrogens is 1. The molecule has 1 aromatic heterocycles. The summed E-state index contributed by atoms with van der Waals surface area (Å²) < 4.78 is 12.3. The molecule has 6 nitrogen and oxygen atoms in total. The highest BCUT2D eigenvalue weighted by Gasteiger charge is 2.25. The Bertz CT molecular complexity index is 772. The number of halogens is 1. The van der Waals surface area contributed by atoms with E-state index in [1.54, 1.807) is 23.1 Å². The van der Waals surface area contributed by atoms with Crippen molar-refractivity contribution in [3.63, 3.8) is 0 Å². The molecule has 3 rings (SSSR count). The SMILES string of the molecule is C[C@@H]1CN(C(=O)CCn2c(=O)oc3cc(Cl)ccc32)C[C@@H](C)O1. The summed E-state index contributed by atoms with van der Waals surface area (Å²) in [5.41, 5.74) is 1.08. The zero-order valence-corrected chi connectivity index (χ0v) is 13.9. The molecule has 1 aromatic carbocycles. The number of oxazole rings is 1. The van der Waals surface area contributed by atoms with Crippen molar-refractivity contribution in [1.82, 2.24) is 9.47 Å². The van der Waals surface area contributed by atoms with E-state index in [1.807, 2.05) is 13.8 Å². The lowest BCUT2D eigenvalue weighted by Crippen LogP contribution is -2.48. The fourth-order valence-corrected chi connectivity index (χ4v) is 3.16. The molecule has 0 unspecified atom stereocenters. The summed E-state index contributed by atoms with van der Waals surface area (Å²) in [6, 6.07) is 5.02. The average molecular weight is 339 g/mol. The van der Waals surface area contributed by atoms with Crippen molar-refractivity contribution in [3.8, 4) is 0 Å². The Kier molecular flexibility index (Phi) is 4.46. The minimum absolute atomic E-state index is 0.0159. The second-order valence-electron chi connectivity index (χ2n) is 5.94. The Hall–Kier alpha value is -1.79. The quantitative estimate of drug-likeness (QED) is 0.861. The molecule has 7 heteroatoms. The summed E-state index contributed by atoms with van der Waals surface area (Å²) >= 11 is 5.89. The molecular weight excluding hydrogens is 320 g/mol. The molecule has 0 spiro atoms. The fourth-order valence-electron chi connectivity index (χ4n) is 3.00. The molecule has 1 aliphatic heterocycles. The van der Waals surface area contributed by atoms with Crippen LogP contribution in [0.5, 0.6) is 0 Å². The number of fused-ring (bicyclic) bond motifs is 1. The van der Waals surface area contributed by atoms with E-state index in [0.717, 1.165) is 0 Å². The number of hydrogen-bond donors (Lipinski definition) is 0. The summed E-state index contributed by atoms with van der Waals surface area (Å²) in [4.78, 5) is 26.1. The Labute approximate surface area is 138 Å². The monoisotopic (exact) mass is 338 g/mol. The maximum atomic E-state index is 12.4. The van der Waals surface area contributed by atoms with Crippen LogP contribution in [-0.4, -0.2) is 40.7 Å². The molecule has 0 aliphatic carbocycles. The molecule has 1 fully saturated rings. The fraction of sp³-hybridized carbons (Fsp3) is 0.500. The van der Waals surface area contributed by atoms with Crippen molar-refractivity contribution in [2.75, 3.05) is 13.1 Å². The molecule has 2 atom stereocenters. The number of aryl methyl sites for hydroxylation is 1. The van der Waals surface area contributed by atoms with E-state index in [9.17, 15) is 9.59 Å². The zero-order valence-electron chi connectivity index (χ0n) is 13.1. The van der Waals surface area contributed by atoms with Gasteiger partial charge in [-0.1, -0.05) is 11.6 Å². The molecule has 23 heavy (non-hydrogen) atoms. The molecule has 0 bridgehead atoms. The number of morpholine rings is 1. The van der Waals surface area contributed by atoms with Crippen LogP contribution in [0, 0.1) is 0 Å². The number of benzene rings is 1. The lowest BCUT2D eigenvalue weighted by molar-refractivity contribution is -0.143. The summed E-state index contributed by atoms with van der Waals surface area (Å²) in [6.45, 7) is 5.35. The van der Waals surface area contributed by atoms with E-state index in [-0.39, 0.29) is 31.1 Å². The van der Waals surface area contributed by atoms with Gasteiger partial charge < -0.3 is 14.1 Å². The summed E-state index contributed by atoms with van der Waals surface area (Å²) in [5, 5.41) is 0.505. The van der Waals surface area contributed by atoms with Crippen LogP contribution < -0.4 is 5.76 Å². The van der Waals surface area contributed by atoms with Crippen molar-refractivity contribution in [2.45, 2.75) is 39.0 Å². The Balaban J connectivity index is 1.72. The van der Waals surface area contributed by atoms with Gasteiger partial charge in [0.15, 0.2) is 5.58 Å². The summed E-state index contributed by atoms with van der Waals surface area (Å²) in [7, 11) is 0. The van der Waals surface area contributed by atoms with Crippen molar-refractivity contribution < 1.29 is 13.9 Å². The van der Waals surface area contributed by atoms with Crippen LogP contribution in [0.15, 0.2) is 27.4 Å². The molecule has 2 aromatic rings. The third-order valence-electron chi connectivity index (χ3n) is 3.95. The van der Waals surface area contributed by atoms with Gasteiger partial charge in [-0.15, -0.1) is 0 Å². The van der Waals surface area contributed by atoms with Gasteiger partial charge in [-0.25, -0.2) is 4.79 Å². The van der Waals surface area contributed by atoms with Crippen LogP contribution in [-0.2, 0) is 16.1 Å². The van der Waals surface area contributed by atoms with E-state index in [4.69, 9.17) is 20.8 Å². The number of rotatable bonds is 3. The normalized spacial score (nSPS) is 21.8. The Morgan fingerprint density at radius 1 is 1.30 bits per heavy atom. The maximum Gasteiger partial charge on any atom is 0.419 e. The van der Waals surface area contributed by atoms with Crippen molar-refractivity contribution in [2.24, 2.45) is 0 Å². The van der Waals surface area contributed by atoms with Gasteiger partial charge in [0.25, 0.3) is 0 Å². The van der Waals surface area contributed by atoms with Gasteiger partial charge in [-0.2, -0.15) is 0 Å². The first-order valence-electron chi connectivity index (χ1n) is 7.66. The largest absolute Gasteiger partial charge is 0.419 e. The van der Waals surface area contributed by atoms with E-state index in [1.165, 1.54) is 4.57 Å². The summed E-state index contributed by atoms with van der Waals surface area (Å²) in [6.07, 6.45) is 0.306. The minimum atomic E-state index is -0.473. The van der Waals surface area contributed by atoms with E-state index < -0.39 is 5.76 Å². The second-order valence-corrected chi connectivity index (χ2v) is 6.37. The predicted molar refractivity (Wildman–Crippen MR) is 86.7 cm³/mol. The molecule has 1 aliphatic rings. The van der Waals surface area contributed by atoms with Crippen molar-refractivity contribution in [1.29, 1.82) is 0 Å². The predicted octanol–water partition coefficient (Wildman–Crippen LogP) is 2.27. The Morgan fingerprint density at radius 3 is 2.70 bits per heavy atom. The molecule has 0 radical (unpaired) electrons. The topological polar surface area (TPSA) is 64.7 Å². The highest BCUT2D eigenvalue weighted by molar-refractivity contribution is 6.31. The third kappa shape index (κ3) is 3.43. The van der Waals surface area contributed by atoms with Crippen LogP contribution in [0.3, 0.4) is 0 Å². The smallest absolute Gasteiger partial charge is 0.408 e. The molecular formula is C16H19ClN2O4. The lowest BCUT2D eigenvalue weighted by atomic mass is 10.2. The first-order chi connectivity index (χ1) is 10.9. The van der Waals surface area contributed by atoms with E-state index >= 15 is 0 Å². The van der Waals surface area contributed by atoms with Gasteiger partial charge >= 0.3 is 5.76 Å². The van der Waals surface area contributed by atoms with Crippen LogP contribution in [0.25, 0.3) is 11.1 Å². The number of carbonyl (C=O) groups is 1. The highest BCUT2D eigenvalue weighted by atomic mass is 35.5. The molecule has 0 saturated carbocycles. The van der Waals surface area contributed by atoms with Gasteiger partial charge in [-0.05, 0) is 26.0 Å². The standard InChI is InChI=1S/C16H19ClN2O4/c1-10-8-18(9-11(2)22-10)15(20)5-6-19-13-4-3-12(17)7-14(13)23-16(19)21/h3-4,7,10-11H,5-6,8-9H2,1-2H3/t10-,11-/m1/s1. The maximum absolute atomic E-state index is 12.4. The third-order valence-corrected chi connectivity index (χ3v) is 4.19. The van der Waals surface area contributed by atoms with E-state index in [2.05, 4.69) is 0 Å². The van der Waals surface area contributed by atoms with Crippen LogP contribution in [0.2, 0.25) is 5.02 Å². The summed E-state index contributed by atoms with van der Waals surface area (Å²) in [5.74, 6) is -0.457. The van der Waals surface area contributed by atoms with Gasteiger partial charge in [0.1, 0.15) is 0 Å². The molecule has 2 heterocycles. The number of ether oxygens (including phenoxy) is 1. The Morgan fingerprint density at radius 2 is 2.00 bits per heavy atom. The van der Waals surface area contributed by atoms with Crippen molar-refractivity contribution >= 4 is 28.6 Å². The number of hydrogen-bond acceptors (Lipinski definition) is 4. The van der Waals surface area contributed by atoms with Crippen LogP contribution >= 0.6 is 11.6 Å². The number of amides is 1. The molecule has 1 amide bonds. The first kappa shape index (κ1) is 16.1. The zero-order chi connectivity index (χ0) is 16.6. The average Bonchev–Trinajstić information content (AvgIpc) is 2.78. The van der Waals surface area contributed by atoms with Gasteiger partial charge in [0.2, 0.25) is 5.91 Å². The van der Waals surface area contributed by atoms with Gasteiger partial charge in [-0.3, -0.25) is 9.36 Å². The van der Waals surface area contributed by atoms with E-state index in [0.29, 0.717) is 29.2 Å². The second kappa shape index (κ2) is 6.37.